The Balaban J connectivity index is 2.09. The number of aromatic nitrogens is 1. The summed E-state index contributed by atoms with van der Waals surface area (Å²) < 4.78 is 11.0. The van der Waals surface area contributed by atoms with Gasteiger partial charge in [0.2, 0.25) is 5.88 Å². The van der Waals surface area contributed by atoms with Crippen molar-refractivity contribution in [1.29, 1.82) is 0 Å². The molecule has 1 aromatic rings. The van der Waals surface area contributed by atoms with Crippen molar-refractivity contribution in [3.05, 3.63) is 23.9 Å². The highest BCUT2D eigenvalue weighted by atomic mass is 16.5. The zero-order valence-corrected chi connectivity index (χ0v) is 14.1. The number of nitrogens with one attached hydrogen (secondary N) is 1. The molecule has 7 heteroatoms. The Morgan fingerprint density at radius 1 is 1.46 bits per heavy atom. The Morgan fingerprint density at radius 3 is 2.79 bits per heavy atom. The van der Waals surface area contributed by atoms with Crippen LogP contribution in [0.1, 0.15) is 49.9 Å². The fourth-order valence-corrected chi connectivity index (χ4v) is 2.72. The summed E-state index contributed by atoms with van der Waals surface area (Å²) in [6.07, 6.45) is 3.22. The van der Waals surface area contributed by atoms with E-state index in [4.69, 9.17) is 14.6 Å². The number of carbonyl (C=O) groups excluding carboxylic acids is 1. The van der Waals surface area contributed by atoms with E-state index in [-0.39, 0.29) is 18.4 Å². The summed E-state index contributed by atoms with van der Waals surface area (Å²) >= 11 is 0. The van der Waals surface area contributed by atoms with Crippen LogP contribution in [0.2, 0.25) is 0 Å². The first-order valence-electron chi connectivity index (χ1n) is 8.23. The molecule has 2 N–H and O–H groups in total. The van der Waals surface area contributed by atoms with Crippen molar-refractivity contribution < 1.29 is 24.2 Å². The summed E-state index contributed by atoms with van der Waals surface area (Å²) in [5.41, 5.74) is -0.359. The molecule has 1 aliphatic heterocycles. The number of hydrogen-bond donors (Lipinski definition) is 2. The number of rotatable bonds is 8. The lowest BCUT2D eigenvalue weighted by molar-refractivity contribution is -0.138. The highest BCUT2D eigenvalue weighted by Crippen LogP contribution is 2.22. The predicted molar refractivity (Wildman–Crippen MR) is 87.1 cm³/mol. The highest BCUT2D eigenvalue weighted by molar-refractivity contribution is 5.95. The molecule has 0 spiro atoms. The minimum atomic E-state index is -0.931. The molecule has 132 valence electrons. The first-order chi connectivity index (χ1) is 11.5. The van der Waals surface area contributed by atoms with E-state index in [1.54, 1.807) is 12.1 Å². The maximum absolute atomic E-state index is 12.5. The third-order valence-corrected chi connectivity index (χ3v) is 4.39. The average Bonchev–Trinajstić information content (AvgIpc) is 3.07. The first kappa shape index (κ1) is 18.2. The number of amides is 1. The van der Waals surface area contributed by atoms with Gasteiger partial charge in [0.25, 0.3) is 5.91 Å². The molecule has 0 aromatic carbocycles. The largest absolute Gasteiger partial charge is 0.481 e. The predicted octanol–water partition coefficient (Wildman–Crippen LogP) is 2.01. The minimum absolute atomic E-state index is 0.0480. The molecule has 2 heterocycles. The normalized spacial score (nSPS) is 17.5. The van der Waals surface area contributed by atoms with Crippen LogP contribution in [0, 0.1) is 0 Å². The zero-order valence-electron chi connectivity index (χ0n) is 14.1. The lowest BCUT2D eigenvalue weighted by Crippen LogP contribution is -2.49. The van der Waals surface area contributed by atoms with E-state index in [0.29, 0.717) is 37.5 Å². The van der Waals surface area contributed by atoms with Gasteiger partial charge in [-0.1, -0.05) is 13.8 Å². The highest BCUT2D eigenvalue weighted by Gasteiger charge is 2.31. The summed E-state index contributed by atoms with van der Waals surface area (Å²) in [5.74, 6) is -0.885. The Labute approximate surface area is 141 Å². The molecule has 0 saturated carbocycles. The molecule has 1 fully saturated rings. The van der Waals surface area contributed by atoms with Crippen LogP contribution in [0.3, 0.4) is 0 Å². The van der Waals surface area contributed by atoms with E-state index in [9.17, 15) is 9.59 Å². The number of carbonyl (C=O) groups is 2. The van der Waals surface area contributed by atoms with Gasteiger partial charge in [-0.3, -0.25) is 9.59 Å². The number of aliphatic carboxylic acids is 1. The lowest BCUT2D eigenvalue weighted by Gasteiger charge is -2.31. The number of nitrogens with zero attached hydrogens (tertiary/aromatic N) is 1. The maximum Gasteiger partial charge on any atom is 0.305 e. The van der Waals surface area contributed by atoms with Crippen molar-refractivity contribution in [3.63, 3.8) is 0 Å². The molecule has 1 atom stereocenters. The Kier molecular flexibility index (Phi) is 6.14. The molecule has 1 unspecified atom stereocenters. The van der Waals surface area contributed by atoms with Crippen molar-refractivity contribution in [3.8, 4) is 5.88 Å². The summed E-state index contributed by atoms with van der Waals surface area (Å²) in [6.45, 7) is 4.92. The Morgan fingerprint density at radius 2 is 2.21 bits per heavy atom. The van der Waals surface area contributed by atoms with Crippen molar-refractivity contribution in [1.82, 2.24) is 10.3 Å². The molecule has 2 rings (SSSR count). The smallest absolute Gasteiger partial charge is 0.305 e. The van der Waals surface area contributed by atoms with Gasteiger partial charge >= 0.3 is 5.97 Å². The third-order valence-electron chi connectivity index (χ3n) is 4.39. The van der Waals surface area contributed by atoms with E-state index in [1.165, 1.54) is 6.20 Å². The van der Waals surface area contributed by atoms with Crippen LogP contribution in [0.5, 0.6) is 5.88 Å². The molecule has 24 heavy (non-hydrogen) atoms. The molecule has 1 amide bonds. The second-order valence-corrected chi connectivity index (χ2v) is 6.00. The van der Waals surface area contributed by atoms with Gasteiger partial charge in [-0.2, -0.15) is 0 Å². The topological polar surface area (TPSA) is 97.8 Å². The summed E-state index contributed by atoms with van der Waals surface area (Å²) in [5, 5.41) is 12.0. The molecular weight excluding hydrogens is 312 g/mol. The molecule has 1 aromatic heterocycles. The van der Waals surface area contributed by atoms with Gasteiger partial charge in [0.05, 0.1) is 25.2 Å². The Hall–Kier alpha value is -2.15. The molecule has 0 radical (unpaired) electrons. The van der Waals surface area contributed by atoms with Gasteiger partial charge < -0.3 is 19.9 Å². The molecular formula is C17H24N2O5. The van der Waals surface area contributed by atoms with Crippen LogP contribution in [0.15, 0.2) is 18.3 Å². The average molecular weight is 336 g/mol. The fourth-order valence-electron chi connectivity index (χ4n) is 2.72. The molecule has 0 aliphatic carbocycles. The summed E-state index contributed by atoms with van der Waals surface area (Å²) in [7, 11) is 0. The van der Waals surface area contributed by atoms with Crippen LogP contribution in [0.25, 0.3) is 0 Å². The third kappa shape index (κ3) is 4.67. The van der Waals surface area contributed by atoms with Crippen LogP contribution in [0.4, 0.5) is 0 Å². The van der Waals surface area contributed by atoms with E-state index in [0.717, 1.165) is 6.42 Å². The van der Waals surface area contributed by atoms with Crippen molar-refractivity contribution in [2.75, 3.05) is 13.2 Å². The quantitative estimate of drug-likeness (QED) is 0.753. The molecule has 1 aliphatic rings. The van der Waals surface area contributed by atoms with Gasteiger partial charge in [-0.05, 0) is 18.9 Å². The molecule has 0 bridgehead atoms. The van der Waals surface area contributed by atoms with Crippen molar-refractivity contribution in [2.45, 2.75) is 51.2 Å². The van der Waals surface area contributed by atoms with E-state index >= 15 is 0 Å². The van der Waals surface area contributed by atoms with Crippen LogP contribution in [-0.2, 0) is 9.53 Å². The van der Waals surface area contributed by atoms with Gasteiger partial charge in [-0.25, -0.2) is 4.98 Å². The van der Waals surface area contributed by atoms with E-state index in [2.05, 4.69) is 10.3 Å². The number of carboxylic acid groups (broad SMARTS) is 1. The van der Waals surface area contributed by atoms with Gasteiger partial charge in [0.15, 0.2) is 0 Å². The van der Waals surface area contributed by atoms with Crippen molar-refractivity contribution in [2.24, 2.45) is 0 Å². The van der Waals surface area contributed by atoms with Crippen LogP contribution in [-0.4, -0.2) is 46.8 Å². The standard InChI is InChI=1S/C17H24N2O5/c1-3-17(4-2,10-15(20)21)19-16(22)12-5-7-18-14(9-12)24-13-6-8-23-11-13/h5,7,9,13H,3-4,6,8,10-11H2,1-2H3,(H,19,22)(H,20,21). The molecule has 7 nitrogen and oxygen atoms in total. The number of ether oxygens (including phenoxy) is 2. The summed E-state index contributed by atoms with van der Waals surface area (Å²) in [6, 6.07) is 3.16. The Bertz CT molecular complexity index is 580. The fraction of sp³-hybridized carbons (Fsp3) is 0.588. The maximum atomic E-state index is 12.5. The summed E-state index contributed by atoms with van der Waals surface area (Å²) in [4.78, 5) is 27.8. The number of pyridine rings is 1. The van der Waals surface area contributed by atoms with E-state index < -0.39 is 11.5 Å². The second kappa shape index (κ2) is 8.10. The zero-order chi connectivity index (χ0) is 17.6. The monoisotopic (exact) mass is 336 g/mol. The van der Waals surface area contributed by atoms with Crippen molar-refractivity contribution >= 4 is 11.9 Å². The second-order valence-electron chi connectivity index (χ2n) is 6.00. The minimum Gasteiger partial charge on any atom is -0.481 e. The SMILES string of the molecule is CCC(CC)(CC(=O)O)NC(=O)c1ccnc(OC2CCOC2)c1. The number of carboxylic acids is 1. The first-order valence-corrected chi connectivity index (χ1v) is 8.23. The van der Waals surface area contributed by atoms with Gasteiger partial charge in [-0.15, -0.1) is 0 Å². The number of hydrogen-bond acceptors (Lipinski definition) is 5. The van der Waals surface area contributed by atoms with Gasteiger partial charge in [0.1, 0.15) is 6.10 Å². The van der Waals surface area contributed by atoms with Gasteiger partial charge in [0, 0.05) is 24.2 Å². The van der Waals surface area contributed by atoms with Crippen LogP contribution < -0.4 is 10.1 Å². The van der Waals surface area contributed by atoms with Crippen LogP contribution >= 0.6 is 0 Å². The van der Waals surface area contributed by atoms with E-state index in [1.807, 2.05) is 13.8 Å². The molecule has 1 saturated heterocycles. The lowest BCUT2D eigenvalue weighted by atomic mass is 9.88.